The molecule has 1 aromatic carbocycles. The molecule has 0 fully saturated rings. The molecule has 2 rings (SSSR count). The summed E-state index contributed by atoms with van der Waals surface area (Å²) in [6.07, 6.45) is -4.33. The lowest BCUT2D eigenvalue weighted by Crippen LogP contribution is -2.10. The van der Waals surface area contributed by atoms with Gasteiger partial charge in [0.15, 0.2) is 0 Å². The zero-order chi connectivity index (χ0) is 11.2. The molecule has 2 nitrogen and oxygen atoms in total. The zero-order valence-corrected chi connectivity index (χ0v) is 7.97. The minimum atomic E-state index is -4.33. The number of rotatable bonds is 0. The highest BCUT2D eigenvalue weighted by atomic mass is 19.4. The van der Waals surface area contributed by atoms with Gasteiger partial charge in [-0.05, 0) is 24.3 Å². The average Bonchev–Trinajstić information content (AvgIpc) is 2.42. The summed E-state index contributed by atoms with van der Waals surface area (Å²) in [7, 11) is 1.39. The molecule has 0 saturated heterocycles. The lowest BCUT2D eigenvalue weighted by molar-refractivity contribution is -0.142. The van der Waals surface area contributed by atoms with Gasteiger partial charge in [-0.25, -0.2) is 0 Å². The average molecular weight is 214 g/mol. The van der Waals surface area contributed by atoms with Gasteiger partial charge < -0.3 is 10.3 Å². The van der Waals surface area contributed by atoms with E-state index in [0.717, 1.165) is 10.6 Å². The molecule has 1 heterocycles. The summed E-state index contributed by atoms with van der Waals surface area (Å²) in [6, 6.07) is 5.80. The first-order valence-corrected chi connectivity index (χ1v) is 4.32. The van der Waals surface area contributed by atoms with Crippen molar-refractivity contribution < 1.29 is 13.2 Å². The fourth-order valence-electron chi connectivity index (χ4n) is 1.64. The van der Waals surface area contributed by atoms with E-state index in [2.05, 4.69) is 0 Å². The van der Waals surface area contributed by atoms with E-state index in [-0.39, 0.29) is 0 Å². The lowest BCUT2D eigenvalue weighted by Gasteiger charge is -2.07. The van der Waals surface area contributed by atoms with E-state index < -0.39 is 11.9 Å². The van der Waals surface area contributed by atoms with Crippen molar-refractivity contribution in [3.8, 4) is 0 Å². The van der Waals surface area contributed by atoms with Crippen LogP contribution in [0.25, 0.3) is 10.9 Å². The smallest absolute Gasteiger partial charge is 0.399 e. The summed E-state index contributed by atoms with van der Waals surface area (Å²) >= 11 is 0. The Morgan fingerprint density at radius 3 is 2.47 bits per heavy atom. The highest BCUT2D eigenvalue weighted by Gasteiger charge is 2.34. The Labute approximate surface area is 84.1 Å². The first-order valence-electron chi connectivity index (χ1n) is 4.32. The molecule has 0 radical (unpaired) electrons. The van der Waals surface area contributed by atoms with E-state index in [1.807, 2.05) is 0 Å². The molecule has 0 atom stereocenters. The van der Waals surface area contributed by atoms with Crippen molar-refractivity contribution >= 4 is 16.6 Å². The van der Waals surface area contributed by atoms with Gasteiger partial charge >= 0.3 is 6.18 Å². The van der Waals surface area contributed by atoms with Crippen LogP contribution in [-0.2, 0) is 13.2 Å². The Hall–Kier alpha value is -1.65. The second-order valence-electron chi connectivity index (χ2n) is 3.40. The molecular formula is C10H9F3N2. The van der Waals surface area contributed by atoms with E-state index in [0.29, 0.717) is 16.6 Å². The van der Waals surface area contributed by atoms with Crippen molar-refractivity contribution in [2.75, 3.05) is 5.73 Å². The van der Waals surface area contributed by atoms with E-state index >= 15 is 0 Å². The van der Waals surface area contributed by atoms with Crippen LogP contribution >= 0.6 is 0 Å². The molecule has 0 aliphatic rings. The molecular weight excluding hydrogens is 205 g/mol. The number of benzene rings is 1. The molecule has 0 bridgehead atoms. The van der Waals surface area contributed by atoms with Gasteiger partial charge in [0, 0.05) is 23.6 Å². The van der Waals surface area contributed by atoms with Crippen LogP contribution in [0.1, 0.15) is 5.69 Å². The van der Waals surface area contributed by atoms with Crippen LogP contribution in [-0.4, -0.2) is 4.57 Å². The molecule has 2 aromatic rings. The summed E-state index contributed by atoms with van der Waals surface area (Å²) < 4.78 is 38.7. The number of fused-ring (bicyclic) bond motifs is 1. The van der Waals surface area contributed by atoms with Gasteiger partial charge in [-0.1, -0.05) is 0 Å². The Morgan fingerprint density at radius 1 is 1.20 bits per heavy atom. The van der Waals surface area contributed by atoms with E-state index in [4.69, 9.17) is 5.73 Å². The summed E-state index contributed by atoms with van der Waals surface area (Å²) in [5, 5.41) is 0.504. The number of halogens is 3. The fraction of sp³-hybridized carbons (Fsp3) is 0.200. The number of nitrogens with zero attached hydrogens (tertiary/aromatic N) is 1. The fourth-order valence-corrected chi connectivity index (χ4v) is 1.64. The van der Waals surface area contributed by atoms with E-state index in [1.165, 1.54) is 13.1 Å². The van der Waals surface area contributed by atoms with Gasteiger partial charge in [0.05, 0.1) is 0 Å². The topological polar surface area (TPSA) is 30.9 Å². The maximum atomic E-state index is 12.5. The van der Waals surface area contributed by atoms with Gasteiger partial charge in [0.25, 0.3) is 0 Å². The normalized spacial score (nSPS) is 12.3. The van der Waals surface area contributed by atoms with Crippen molar-refractivity contribution in [1.82, 2.24) is 4.57 Å². The zero-order valence-electron chi connectivity index (χ0n) is 7.97. The number of alkyl halides is 3. The van der Waals surface area contributed by atoms with E-state index in [1.54, 1.807) is 12.1 Å². The minimum Gasteiger partial charge on any atom is -0.399 e. The van der Waals surface area contributed by atoms with Gasteiger partial charge in [-0.2, -0.15) is 13.2 Å². The molecule has 0 spiro atoms. The molecule has 0 unspecified atom stereocenters. The van der Waals surface area contributed by atoms with Crippen molar-refractivity contribution in [2.45, 2.75) is 6.18 Å². The summed E-state index contributed by atoms with van der Waals surface area (Å²) in [4.78, 5) is 0. The summed E-state index contributed by atoms with van der Waals surface area (Å²) in [6.45, 7) is 0. The minimum absolute atomic E-state index is 0.460. The summed E-state index contributed by atoms with van der Waals surface area (Å²) in [5.41, 5.74) is 5.82. The first kappa shape index (κ1) is 9.89. The van der Waals surface area contributed by atoms with Gasteiger partial charge in [0.1, 0.15) is 5.69 Å². The number of hydrogen-bond acceptors (Lipinski definition) is 1. The predicted molar refractivity (Wildman–Crippen MR) is 52.3 cm³/mol. The molecule has 1 aromatic heterocycles. The van der Waals surface area contributed by atoms with Crippen LogP contribution < -0.4 is 5.73 Å². The Kier molecular flexibility index (Phi) is 1.92. The maximum Gasteiger partial charge on any atom is 0.431 e. The number of nitrogen functional groups attached to an aromatic ring is 1. The number of aromatic nitrogens is 1. The standard InChI is InChI=1S/C10H9F3N2/c1-15-8-3-2-7(14)4-6(8)5-9(15)10(11,12)13/h2-5H,14H2,1H3. The highest BCUT2D eigenvalue weighted by molar-refractivity contribution is 5.84. The van der Waals surface area contributed by atoms with Crippen LogP contribution in [0.5, 0.6) is 0 Å². The Bertz CT molecular complexity index is 511. The largest absolute Gasteiger partial charge is 0.431 e. The predicted octanol–water partition coefficient (Wildman–Crippen LogP) is 2.78. The van der Waals surface area contributed by atoms with Crippen LogP contribution in [0.4, 0.5) is 18.9 Å². The third-order valence-electron chi connectivity index (χ3n) is 2.36. The number of hydrogen-bond donors (Lipinski definition) is 1. The SMILES string of the molecule is Cn1c(C(F)(F)F)cc2cc(N)ccc21. The van der Waals surface area contributed by atoms with Crippen LogP contribution in [0.15, 0.2) is 24.3 Å². The van der Waals surface area contributed by atoms with E-state index in [9.17, 15) is 13.2 Å². The monoisotopic (exact) mass is 214 g/mol. The van der Waals surface area contributed by atoms with Crippen molar-refractivity contribution in [1.29, 1.82) is 0 Å². The third-order valence-corrected chi connectivity index (χ3v) is 2.36. The Balaban J connectivity index is 2.75. The van der Waals surface area contributed by atoms with Crippen molar-refractivity contribution in [3.05, 3.63) is 30.0 Å². The lowest BCUT2D eigenvalue weighted by atomic mass is 10.2. The molecule has 15 heavy (non-hydrogen) atoms. The van der Waals surface area contributed by atoms with Crippen molar-refractivity contribution in [3.63, 3.8) is 0 Å². The third kappa shape index (κ3) is 1.54. The molecule has 80 valence electrons. The van der Waals surface area contributed by atoms with Gasteiger partial charge in [0.2, 0.25) is 0 Å². The number of nitrogens with two attached hydrogens (primary N) is 1. The van der Waals surface area contributed by atoms with Gasteiger partial charge in [-0.3, -0.25) is 0 Å². The molecule has 0 amide bonds. The first-order chi connectivity index (χ1) is 6.89. The molecule has 5 heteroatoms. The Morgan fingerprint density at radius 2 is 1.87 bits per heavy atom. The number of anilines is 1. The second kappa shape index (κ2) is 2.92. The molecule has 2 N–H and O–H groups in total. The summed E-state index contributed by atoms with van der Waals surface area (Å²) in [5.74, 6) is 0. The molecule has 0 saturated carbocycles. The maximum absolute atomic E-state index is 12.5. The highest BCUT2D eigenvalue weighted by Crippen LogP contribution is 2.33. The molecule has 0 aliphatic carbocycles. The second-order valence-corrected chi connectivity index (χ2v) is 3.40. The van der Waals surface area contributed by atoms with Crippen molar-refractivity contribution in [2.24, 2.45) is 7.05 Å². The van der Waals surface area contributed by atoms with Crippen LogP contribution in [0.3, 0.4) is 0 Å². The van der Waals surface area contributed by atoms with Crippen LogP contribution in [0.2, 0.25) is 0 Å². The van der Waals surface area contributed by atoms with Crippen LogP contribution in [0, 0.1) is 0 Å². The molecule has 0 aliphatic heterocycles. The van der Waals surface area contributed by atoms with Gasteiger partial charge in [-0.15, -0.1) is 0 Å². The quantitative estimate of drug-likeness (QED) is 0.671. The number of aryl methyl sites for hydroxylation is 1.